The van der Waals surface area contributed by atoms with Crippen LogP contribution in [0.4, 0.5) is 0 Å². The van der Waals surface area contributed by atoms with Crippen molar-refractivity contribution in [1.29, 1.82) is 5.26 Å². The van der Waals surface area contributed by atoms with Crippen LogP contribution in [0.1, 0.15) is 10.6 Å². The minimum Gasteiger partial charge on any atom is -0.497 e. The van der Waals surface area contributed by atoms with Crippen molar-refractivity contribution in [3.63, 3.8) is 0 Å². The molecule has 0 N–H and O–H groups in total. The van der Waals surface area contributed by atoms with Gasteiger partial charge in [-0.1, -0.05) is 12.1 Å². The van der Waals surface area contributed by atoms with Crippen LogP contribution in [0.25, 0.3) is 22.9 Å². The first-order valence-corrected chi connectivity index (χ1v) is 9.00. The Morgan fingerprint density at radius 1 is 1.04 bits per heavy atom. The molecule has 1 aromatic heterocycles. The Bertz CT molecular complexity index is 1020. The molecule has 1 heterocycles. The van der Waals surface area contributed by atoms with Crippen molar-refractivity contribution < 1.29 is 14.2 Å². The standard InChI is InChI=1S/C21H18N2O3S/c1-24-17-6-4-5-14(10-17)19-13-27-21(23-19)16(12-22)9-15-7-8-18(25-2)11-20(15)26-3/h4-11,13H,1-3H3/b16-9-. The van der Waals surface area contributed by atoms with E-state index in [1.807, 2.05) is 41.8 Å². The van der Waals surface area contributed by atoms with E-state index in [1.165, 1.54) is 11.3 Å². The lowest BCUT2D eigenvalue weighted by molar-refractivity contribution is 0.394. The molecule has 0 bridgehead atoms. The molecule has 0 aliphatic carbocycles. The zero-order chi connectivity index (χ0) is 19.2. The Labute approximate surface area is 162 Å². The van der Waals surface area contributed by atoms with E-state index < -0.39 is 0 Å². The highest BCUT2D eigenvalue weighted by Crippen LogP contribution is 2.31. The van der Waals surface area contributed by atoms with E-state index in [1.54, 1.807) is 33.5 Å². The smallest absolute Gasteiger partial charge is 0.134 e. The van der Waals surface area contributed by atoms with Crippen molar-refractivity contribution in [1.82, 2.24) is 4.98 Å². The number of ether oxygens (including phenoxy) is 3. The van der Waals surface area contributed by atoms with Crippen LogP contribution in [0, 0.1) is 11.3 Å². The number of benzene rings is 2. The number of rotatable bonds is 6. The number of aromatic nitrogens is 1. The number of nitrogens with zero attached hydrogens (tertiary/aromatic N) is 2. The highest BCUT2D eigenvalue weighted by Gasteiger charge is 2.11. The zero-order valence-corrected chi connectivity index (χ0v) is 16.0. The Morgan fingerprint density at radius 2 is 1.81 bits per heavy atom. The summed E-state index contributed by atoms with van der Waals surface area (Å²) in [5, 5.41) is 12.2. The third-order valence-corrected chi connectivity index (χ3v) is 4.84. The molecule has 0 radical (unpaired) electrons. The van der Waals surface area contributed by atoms with Gasteiger partial charge in [-0.2, -0.15) is 5.26 Å². The van der Waals surface area contributed by atoms with Crippen molar-refractivity contribution in [3.8, 4) is 34.6 Å². The maximum absolute atomic E-state index is 9.63. The van der Waals surface area contributed by atoms with E-state index in [0.29, 0.717) is 22.1 Å². The molecule has 3 aromatic rings. The Morgan fingerprint density at radius 3 is 2.52 bits per heavy atom. The van der Waals surface area contributed by atoms with Crippen molar-refractivity contribution in [3.05, 3.63) is 58.4 Å². The topological polar surface area (TPSA) is 64.4 Å². The van der Waals surface area contributed by atoms with Gasteiger partial charge in [0, 0.05) is 22.6 Å². The van der Waals surface area contributed by atoms with Gasteiger partial charge in [-0.15, -0.1) is 11.3 Å². The van der Waals surface area contributed by atoms with Gasteiger partial charge in [0.15, 0.2) is 0 Å². The molecule has 27 heavy (non-hydrogen) atoms. The van der Waals surface area contributed by atoms with E-state index >= 15 is 0 Å². The molecule has 136 valence electrons. The molecule has 0 spiro atoms. The summed E-state index contributed by atoms with van der Waals surface area (Å²) in [6.45, 7) is 0. The molecule has 0 amide bonds. The summed E-state index contributed by atoms with van der Waals surface area (Å²) in [5.41, 5.74) is 3.00. The van der Waals surface area contributed by atoms with Crippen molar-refractivity contribution >= 4 is 23.0 Å². The first-order valence-electron chi connectivity index (χ1n) is 8.12. The average molecular weight is 378 g/mol. The van der Waals surface area contributed by atoms with Gasteiger partial charge >= 0.3 is 0 Å². The van der Waals surface area contributed by atoms with Gasteiger partial charge in [-0.3, -0.25) is 0 Å². The monoisotopic (exact) mass is 378 g/mol. The summed E-state index contributed by atoms with van der Waals surface area (Å²) in [7, 11) is 4.81. The lowest BCUT2D eigenvalue weighted by Crippen LogP contribution is -1.90. The van der Waals surface area contributed by atoms with Gasteiger partial charge < -0.3 is 14.2 Å². The third-order valence-electron chi connectivity index (χ3n) is 3.96. The summed E-state index contributed by atoms with van der Waals surface area (Å²) < 4.78 is 15.9. The summed E-state index contributed by atoms with van der Waals surface area (Å²) in [6, 6.07) is 15.4. The first kappa shape index (κ1) is 18.5. The zero-order valence-electron chi connectivity index (χ0n) is 15.2. The number of hydrogen-bond donors (Lipinski definition) is 0. The largest absolute Gasteiger partial charge is 0.497 e. The fourth-order valence-corrected chi connectivity index (χ4v) is 3.34. The molecule has 0 atom stereocenters. The van der Waals surface area contributed by atoms with Crippen LogP contribution in [-0.4, -0.2) is 26.3 Å². The molecule has 0 saturated heterocycles. The molecule has 0 fully saturated rings. The predicted octanol–water partition coefficient (Wildman–Crippen LogP) is 4.90. The molecule has 0 aliphatic heterocycles. The van der Waals surface area contributed by atoms with E-state index in [-0.39, 0.29) is 0 Å². The molecule has 0 unspecified atom stereocenters. The van der Waals surface area contributed by atoms with E-state index in [0.717, 1.165) is 22.6 Å². The number of nitriles is 1. The van der Waals surface area contributed by atoms with Crippen LogP contribution < -0.4 is 14.2 Å². The average Bonchev–Trinajstić information content (AvgIpc) is 3.22. The maximum atomic E-state index is 9.63. The van der Waals surface area contributed by atoms with Gasteiger partial charge in [-0.25, -0.2) is 4.98 Å². The maximum Gasteiger partial charge on any atom is 0.134 e. The normalized spacial score (nSPS) is 11.0. The molecule has 2 aromatic carbocycles. The lowest BCUT2D eigenvalue weighted by atomic mass is 10.1. The van der Waals surface area contributed by atoms with Crippen LogP contribution in [0.2, 0.25) is 0 Å². The SMILES string of the molecule is COc1cccc(-c2csc(/C(C#N)=C\c3ccc(OC)cc3OC)n2)c1. The second kappa shape index (κ2) is 8.39. The number of allylic oxidation sites excluding steroid dienone is 1. The van der Waals surface area contributed by atoms with Gasteiger partial charge in [0.1, 0.15) is 28.3 Å². The van der Waals surface area contributed by atoms with Gasteiger partial charge in [0.2, 0.25) is 0 Å². The van der Waals surface area contributed by atoms with E-state index in [9.17, 15) is 5.26 Å². The fraction of sp³-hybridized carbons (Fsp3) is 0.143. The minimum absolute atomic E-state index is 0.470. The summed E-state index contributed by atoms with van der Waals surface area (Å²) in [4.78, 5) is 4.62. The Hall–Kier alpha value is -3.30. The fourth-order valence-electron chi connectivity index (χ4n) is 2.55. The second-order valence-electron chi connectivity index (χ2n) is 5.55. The summed E-state index contributed by atoms with van der Waals surface area (Å²) in [6.07, 6.45) is 1.77. The highest BCUT2D eigenvalue weighted by molar-refractivity contribution is 7.11. The van der Waals surface area contributed by atoms with Gasteiger partial charge in [0.05, 0.1) is 32.6 Å². The molecule has 5 nitrogen and oxygen atoms in total. The number of thiazole rings is 1. The molecular weight excluding hydrogens is 360 g/mol. The molecule has 6 heteroatoms. The van der Waals surface area contributed by atoms with Crippen molar-refractivity contribution in [2.75, 3.05) is 21.3 Å². The van der Waals surface area contributed by atoms with Crippen LogP contribution >= 0.6 is 11.3 Å². The van der Waals surface area contributed by atoms with Crippen LogP contribution in [0.5, 0.6) is 17.2 Å². The van der Waals surface area contributed by atoms with Crippen LogP contribution in [0.15, 0.2) is 47.8 Å². The van der Waals surface area contributed by atoms with Crippen molar-refractivity contribution in [2.45, 2.75) is 0 Å². The van der Waals surface area contributed by atoms with E-state index in [2.05, 4.69) is 11.1 Å². The van der Waals surface area contributed by atoms with Crippen molar-refractivity contribution in [2.24, 2.45) is 0 Å². The number of methoxy groups -OCH3 is 3. The lowest BCUT2D eigenvalue weighted by Gasteiger charge is -2.07. The summed E-state index contributed by atoms with van der Waals surface area (Å²) in [5.74, 6) is 2.09. The Balaban J connectivity index is 1.96. The number of hydrogen-bond acceptors (Lipinski definition) is 6. The molecular formula is C21H18N2O3S. The summed E-state index contributed by atoms with van der Waals surface area (Å²) >= 11 is 1.42. The third kappa shape index (κ3) is 4.10. The molecule has 3 rings (SSSR count). The minimum atomic E-state index is 0.470. The second-order valence-corrected chi connectivity index (χ2v) is 6.41. The Kier molecular flexibility index (Phi) is 5.74. The van der Waals surface area contributed by atoms with Crippen LogP contribution in [0.3, 0.4) is 0 Å². The van der Waals surface area contributed by atoms with E-state index in [4.69, 9.17) is 14.2 Å². The highest BCUT2D eigenvalue weighted by atomic mass is 32.1. The molecule has 0 aliphatic rings. The predicted molar refractivity (Wildman–Crippen MR) is 107 cm³/mol. The quantitative estimate of drug-likeness (QED) is 0.571. The van der Waals surface area contributed by atoms with Crippen LogP contribution in [-0.2, 0) is 0 Å². The molecule has 0 saturated carbocycles. The van der Waals surface area contributed by atoms with Gasteiger partial charge in [-0.05, 0) is 30.3 Å². The van der Waals surface area contributed by atoms with Gasteiger partial charge in [0.25, 0.3) is 0 Å². The first-order chi connectivity index (χ1) is 13.2.